The zero-order valence-electron chi connectivity index (χ0n) is 16.9. The number of hydrogen-bond acceptors (Lipinski definition) is 2. The van der Waals surface area contributed by atoms with Crippen LogP contribution >= 0.6 is 0 Å². The quantitative estimate of drug-likeness (QED) is 0.320. The Bertz CT molecular complexity index is 1190. The molecule has 0 aliphatic rings. The van der Waals surface area contributed by atoms with Crippen molar-refractivity contribution in [2.75, 3.05) is 0 Å². The van der Waals surface area contributed by atoms with Gasteiger partial charge in [-0.05, 0) is 34.4 Å². The number of hydrogen-bond donors (Lipinski definition) is 0. The van der Waals surface area contributed by atoms with Crippen LogP contribution in [0.25, 0.3) is 22.0 Å². The summed E-state index contributed by atoms with van der Waals surface area (Å²) in [6.45, 7) is 0. The summed E-state index contributed by atoms with van der Waals surface area (Å²) in [6, 6.07) is 37.6. The van der Waals surface area contributed by atoms with E-state index in [-0.39, 0.29) is 9.81 Å². The highest BCUT2D eigenvalue weighted by Gasteiger charge is 2.26. The molecule has 4 aromatic carbocycles. The van der Waals surface area contributed by atoms with E-state index in [1.54, 1.807) is 12.2 Å². The molecule has 0 unspecified atom stereocenters. The van der Waals surface area contributed by atoms with Crippen molar-refractivity contribution in [2.45, 2.75) is 0 Å². The van der Waals surface area contributed by atoms with E-state index in [9.17, 15) is 8.42 Å². The minimum atomic E-state index is -3.84. The van der Waals surface area contributed by atoms with Crippen LogP contribution in [-0.4, -0.2) is 8.42 Å². The van der Waals surface area contributed by atoms with Gasteiger partial charge in [0.1, 0.15) is 0 Å². The van der Waals surface area contributed by atoms with E-state index in [4.69, 9.17) is 0 Å². The maximum atomic E-state index is 14.1. The second-order valence-corrected chi connectivity index (χ2v) is 8.96. The van der Waals surface area contributed by atoms with Gasteiger partial charge in [-0.25, -0.2) is 8.42 Å². The molecule has 0 aromatic heterocycles. The zero-order chi connectivity index (χ0) is 21.5. The van der Waals surface area contributed by atoms with E-state index in [2.05, 4.69) is 0 Å². The van der Waals surface area contributed by atoms with Gasteiger partial charge in [0.2, 0.25) is 9.84 Å². The Labute approximate surface area is 183 Å². The van der Waals surface area contributed by atoms with E-state index in [0.717, 1.165) is 11.1 Å². The monoisotopic (exact) mass is 422 g/mol. The number of rotatable bonds is 6. The SMILES string of the molecule is O=S(=O)(C(=Cc1ccccc1)c1ccccc1)C(=Cc1ccccc1)c1ccccc1. The van der Waals surface area contributed by atoms with Crippen LogP contribution < -0.4 is 0 Å². The molecule has 0 spiro atoms. The minimum Gasteiger partial charge on any atom is -0.218 e. The van der Waals surface area contributed by atoms with Crippen molar-refractivity contribution in [1.82, 2.24) is 0 Å². The van der Waals surface area contributed by atoms with Gasteiger partial charge in [-0.2, -0.15) is 0 Å². The topological polar surface area (TPSA) is 34.1 Å². The Morgan fingerprint density at radius 2 is 0.742 bits per heavy atom. The lowest BCUT2D eigenvalue weighted by molar-refractivity contribution is 0.615. The maximum Gasteiger partial charge on any atom is 0.207 e. The maximum absolute atomic E-state index is 14.1. The Hall–Kier alpha value is -3.69. The highest BCUT2D eigenvalue weighted by atomic mass is 32.2. The summed E-state index contributed by atoms with van der Waals surface area (Å²) < 4.78 is 28.2. The molecule has 0 aliphatic carbocycles. The predicted octanol–water partition coefficient (Wildman–Crippen LogP) is 6.80. The fourth-order valence-corrected chi connectivity index (χ4v) is 5.07. The molecule has 4 aromatic rings. The Kier molecular flexibility index (Phi) is 6.25. The summed E-state index contributed by atoms with van der Waals surface area (Å²) >= 11 is 0. The van der Waals surface area contributed by atoms with Crippen molar-refractivity contribution in [1.29, 1.82) is 0 Å². The molecule has 0 saturated heterocycles. The molecule has 31 heavy (non-hydrogen) atoms. The highest BCUT2D eigenvalue weighted by Crippen LogP contribution is 2.35. The van der Waals surface area contributed by atoms with Crippen LogP contribution in [0.1, 0.15) is 22.3 Å². The van der Waals surface area contributed by atoms with Gasteiger partial charge in [0.15, 0.2) is 0 Å². The van der Waals surface area contributed by atoms with Crippen LogP contribution in [0.4, 0.5) is 0 Å². The lowest BCUT2D eigenvalue weighted by Gasteiger charge is -2.14. The second-order valence-electron chi connectivity index (χ2n) is 7.07. The zero-order valence-corrected chi connectivity index (χ0v) is 17.7. The van der Waals surface area contributed by atoms with Gasteiger partial charge in [0, 0.05) is 0 Å². The second kappa shape index (κ2) is 9.41. The van der Waals surface area contributed by atoms with Crippen molar-refractivity contribution >= 4 is 31.8 Å². The molecule has 4 rings (SSSR count). The molecule has 2 nitrogen and oxygen atoms in total. The molecule has 152 valence electrons. The molecule has 0 N–H and O–H groups in total. The molecule has 0 amide bonds. The van der Waals surface area contributed by atoms with E-state index in [1.165, 1.54) is 0 Å². The summed E-state index contributed by atoms with van der Waals surface area (Å²) in [5.41, 5.74) is 2.97. The van der Waals surface area contributed by atoms with E-state index in [0.29, 0.717) is 11.1 Å². The third-order valence-corrected chi connectivity index (χ3v) is 6.76. The third-order valence-electron chi connectivity index (χ3n) is 4.89. The molecule has 0 atom stereocenters. The molecule has 0 fully saturated rings. The molecular formula is C28H22O2S. The fraction of sp³-hybridized carbons (Fsp3) is 0. The largest absolute Gasteiger partial charge is 0.218 e. The van der Waals surface area contributed by atoms with Crippen molar-refractivity contribution < 1.29 is 8.42 Å². The molecular weight excluding hydrogens is 400 g/mol. The summed E-state index contributed by atoms with van der Waals surface area (Å²) in [7, 11) is -3.84. The number of sulfone groups is 1. The molecule has 0 bridgehead atoms. The lowest BCUT2D eigenvalue weighted by Crippen LogP contribution is -2.06. The standard InChI is InChI=1S/C28H22O2S/c29-31(30,27(25-17-9-3-10-18-25)21-23-13-5-1-6-14-23)28(26-19-11-4-12-20-26)22-24-15-7-2-8-16-24/h1-22H. The van der Waals surface area contributed by atoms with Crippen molar-refractivity contribution in [2.24, 2.45) is 0 Å². The van der Waals surface area contributed by atoms with E-state index < -0.39 is 9.84 Å². The van der Waals surface area contributed by atoms with Gasteiger partial charge in [0.25, 0.3) is 0 Å². The predicted molar refractivity (Wildman–Crippen MR) is 130 cm³/mol. The van der Waals surface area contributed by atoms with Crippen LogP contribution in [0, 0.1) is 0 Å². The average molecular weight is 423 g/mol. The van der Waals surface area contributed by atoms with Gasteiger partial charge in [-0.1, -0.05) is 121 Å². The first-order valence-electron chi connectivity index (χ1n) is 10.0. The molecule has 3 heteroatoms. The molecule has 0 saturated carbocycles. The first kappa shape index (κ1) is 20.6. The summed E-state index contributed by atoms with van der Waals surface area (Å²) in [5, 5.41) is 0. The van der Waals surface area contributed by atoms with E-state index >= 15 is 0 Å². The van der Waals surface area contributed by atoms with Crippen LogP contribution in [0.5, 0.6) is 0 Å². The van der Waals surface area contributed by atoms with Gasteiger partial charge in [-0.3, -0.25) is 0 Å². The summed E-state index contributed by atoms with van der Waals surface area (Å²) in [4.78, 5) is 0.538. The van der Waals surface area contributed by atoms with Crippen LogP contribution in [0.2, 0.25) is 0 Å². The van der Waals surface area contributed by atoms with Gasteiger partial charge in [0.05, 0.1) is 9.81 Å². The molecule has 0 heterocycles. The van der Waals surface area contributed by atoms with Gasteiger partial charge >= 0.3 is 0 Å². The highest BCUT2D eigenvalue weighted by molar-refractivity contribution is 8.09. The summed E-state index contributed by atoms with van der Waals surface area (Å²) in [5.74, 6) is 0. The average Bonchev–Trinajstić information content (AvgIpc) is 2.83. The van der Waals surface area contributed by atoms with Gasteiger partial charge in [-0.15, -0.1) is 0 Å². The molecule has 0 radical (unpaired) electrons. The van der Waals surface area contributed by atoms with E-state index in [1.807, 2.05) is 121 Å². The lowest BCUT2D eigenvalue weighted by atomic mass is 10.1. The Morgan fingerprint density at radius 3 is 1.06 bits per heavy atom. The third kappa shape index (κ3) is 4.90. The first-order valence-corrected chi connectivity index (χ1v) is 11.5. The first-order chi connectivity index (χ1) is 15.1. The smallest absolute Gasteiger partial charge is 0.207 e. The minimum absolute atomic E-state index is 0.269. The number of benzene rings is 4. The normalized spacial score (nSPS) is 12.5. The van der Waals surface area contributed by atoms with Gasteiger partial charge < -0.3 is 0 Å². The molecule has 0 aliphatic heterocycles. The van der Waals surface area contributed by atoms with Crippen LogP contribution in [0.3, 0.4) is 0 Å². The summed E-state index contributed by atoms with van der Waals surface area (Å²) in [6.07, 6.45) is 3.48. The van der Waals surface area contributed by atoms with Crippen molar-refractivity contribution in [3.63, 3.8) is 0 Å². The Balaban J connectivity index is 1.95. The fourth-order valence-electron chi connectivity index (χ4n) is 3.36. The van der Waals surface area contributed by atoms with Crippen LogP contribution in [0.15, 0.2) is 121 Å². The van der Waals surface area contributed by atoms with Crippen molar-refractivity contribution in [3.05, 3.63) is 144 Å². The van der Waals surface area contributed by atoms with Crippen LogP contribution in [-0.2, 0) is 9.84 Å². The van der Waals surface area contributed by atoms with Crippen molar-refractivity contribution in [3.8, 4) is 0 Å². The Morgan fingerprint density at radius 1 is 0.452 bits per heavy atom.